The third-order valence-corrected chi connectivity index (χ3v) is 3.47. The molecule has 1 atom stereocenters. The van der Waals surface area contributed by atoms with Gasteiger partial charge in [0.05, 0.1) is 17.1 Å². The number of rotatable bonds is 4. The lowest BCUT2D eigenvalue weighted by Gasteiger charge is -2.21. The van der Waals surface area contributed by atoms with Crippen molar-refractivity contribution in [1.82, 2.24) is 15.6 Å². The second-order valence-corrected chi connectivity index (χ2v) is 4.78. The highest BCUT2D eigenvalue weighted by Gasteiger charge is 2.20. The first-order valence-electron chi connectivity index (χ1n) is 5.72. The molecule has 1 saturated heterocycles. The molecule has 0 radical (unpaired) electrons. The molecule has 5 heteroatoms. The molecular weight excluding hydrogens is 222 g/mol. The van der Waals surface area contributed by atoms with Crippen molar-refractivity contribution >= 4 is 17.2 Å². The molecule has 0 unspecified atom stereocenters. The molecule has 4 nitrogen and oxygen atoms in total. The van der Waals surface area contributed by atoms with Crippen LogP contribution in [0.4, 0.5) is 0 Å². The van der Waals surface area contributed by atoms with Gasteiger partial charge in [-0.1, -0.05) is 0 Å². The van der Waals surface area contributed by atoms with E-state index in [-0.39, 0.29) is 11.8 Å². The van der Waals surface area contributed by atoms with E-state index in [0.29, 0.717) is 6.54 Å². The summed E-state index contributed by atoms with van der Waals surface area (Å²) in [4.78, 5) is 15.9. The van der Waals surface area contributed by atoms with Gasteiger partial charge in [-0.25, -0.2) is 4.98 Å². The Hall–Kier alpha value is -0.940. The summed E-state index contributed by atoms with van der Waals surface area (Å²) in [5, 5.41) is 8.25. The Morgan fingerprint density at radius 1 is 1.69 bits per heavy atom. The number of nitrogens with one attached hydrogen (secondary N) is 2. The van der Waals surface area contributed by atoms with Crippen molar-refractivity contribution in [3.8, 4) is 0 Å². The highest BCUT2D eigenvalue weighted by atomic mass is 32.1. The Morgan fingerprint density at radius 2 is 2.62 bits per heavy atom. The summed E-state index contributed by atoms with van der Waals surface area (Å²) in [6.07, 6.45) is 2.94. The quantitative estimate of drug-likeness (QED) is 0.817. The maximum absolute atomic E-state index is 11.8. The number of thiazole rings is 1. The van der Waals surface area contributed by atoms with Gasteiger partial charge in [-0.2, -0.15) is 0 Å². The van der Waals surface area contributed by atoms with E-state index in [4.69, 9.17) is 0 Å². The average Bonchev–Trinajstić information content (AvgIpc) is 2.83. The Morgan fingerprint density at radius 3 is 3.31 bits per heavy atom. The van der Waals surface area contributed by atoms with Gasteiger partial charge in [0.2, 0.25) is 5.91 Å². The minimum Gasteiger partial charge on any atom is -0.355 e. The molecule has 2 heterocycles. The second-order valence-electron chi connectivity index (χ2n) is 4.06. The fourth-order valence-corrected chi connectivity index (χ4v) is 2.49. The molecule has 1 aromatic rings. The minimum absolute atomic E-state index is 0.157. The summed E-state index contributed by atoms with van der Waals surface area (Å²) in [7, 11) is 0. The van der Waals surface area contributed by atoms with Crippen molar-refractivity contribution in [3.05, 3.63) is 16.6 Å². The summed E-state index contributed by atoms with van der Waals surface area (Å²) in [5.41, 5.74) is 2.88. The molecule has 2 rings (SSSR count). The fraction of sp³-hybridized carbons (Fsp3) is 0.636. The third kappa shape index (κ3) is 3.28. The SMILES string of the molecule is O=C(NCCc1cscn1)[C@H]1CCCNC1. The molecule has 1 amide bonds. The van der Waals surface area contributed by atoms with Gasteiger partial charge in [-0.15, -0.1) is 11.3 Å². The first kappa shape index (κ1) is 11.5. The standard InChI is InChI=1S/C11H17N3OS/c15-11(9-2-1-4-12-6-9)13-5-3-10-7-16-8-14-10/h7-9,12H,1-6H2,(H,13,15)/t9-/m0/s1. The van der Waals surface area contributed by atoms with Gasteiger partial charge in [-0.3, -0.25) is 4.79 Å². The minimum atomic E-state index is 0.157. The van der Waals surface area contributed by atoms with E-state index < -0.39 is 0 Å². The Bertz CT molecular complexity index is 320. The zero-order chi connectivity index (χ0) is 11.2. The van der Waals surface area contributed by atoms with Crippen LogP contribution in [0.15, 0.2) is 10.9 Å². The van der Waals surface area contributed by atoms with Crippen LogP contribution in [-0.4, -0.2) is 30.5 Å². The second kappa shape index (κ2) is 5.96. The van der Waals surface area contributed by atoms with Crippen molar-refractivity contribution in [2.45, 2.75) is 19.3 Å². The molecule has 88 valence electrons. The molecule has 0 bridgehead atoms. The van der Waals surface area contributed by atoms with E-state index in [1.807, 2.05) is 10.9 Å². The van der Waals surface area contributed by atoms with Gasteiger partial charge in [0.15, 0.2) is 0 Å². The topological polar surface area (TPSA) is 54.0 Å². The van der Waals surface area contributed by atoms with Gasteiger partial charge >= 0.3 is 0 Å². The third-order valence-electron chi connectivity index (χ3n) is 2.83. The van der Waals surface area contributed by atoms with Crippen LogP contribution in [-0.2, 0) is 11.2 Å². The van der Waals surface area contributed by atoms with Gasteiger partial charge in [-0.05, 0) is 19.4 Å². The van der Waals surface area contributed by atoms with E-state index in [9.17, 15) is 4.79 Å². The monoisotopic (exact) mass is 239 g/mol. The molecule has 0 aromatic carbocycles. The van der Waals surface area contributed by atoms with Crippen molar-refractivity contribution in [2.75, 3.05) is 19.6 Å². The van der Waals surface area contributed by atoms with E-state index in [0.717, 1.165) is 38.0 Å². The zero-order valence-corrected chi connectivity index (χ0v) is 10.1. The Kier molecular flexibility index (Phi) is 4.30. The number of carbonyl (C=O) groups excluding carboxylic acids is 1. The normalized spacial score (nSPS) is 20.6. The van der Waals surface area contributed by atoms with E-state index >= 15 is 0 Å². The number of nitrogens with zero attached hydrogens (tertiary/aromatic N) is 1. The largest absolute Gasteiger partial charge is 0.355 e. The van der Waals surface area contributed by atoms with Gasteiger partial charge < -0.3 is 10.6 Å². The summed E-state index contributed by atoms with van der Waals surface area (Å²) < 4.78 is 0. The predicted octanol–water partition coefficient (Wildman–Crippen LogP) is 0.801. The predicted molar refractivity (Wildman–Crippen MR) is 64.4 cm³/mol. The molecule has 0 spiro atoms. The number of carbonyl (C=O) groups is 1. The van der Waals surface area contributed by atoms with Crippen LogP contribution in [0.25, 0.3) is 0 Å². The maximum Gasteiger partial charge on any atom is 0.224 e. The number of amides is 1. The van der Waals surface area contributed by atoms with Gasteiger partial charge in [0.25, 0.3) is 0 Å². The van der Waals surface area contributed by atoms with Crippen LogP contribution >= 0.6 is 11.3 Å². The van der Waals surface area contributed by atoms with Crippen molar-refractivity contribution < 1.29 is 4.79 Å². The van der Waals surface area contributed by atoms with Crippen molar-refractivity contribution in [3.63, 3.8) is 0 Å². The van der Waals surface area contributed by atoms with Crippen molar-refractivity contribution in [2.24, 2.45) is 5.92 Å². The Labute approximate surface area is 99.5 Å². The smallest absolute Gasteiger partial charge is 0.224 e. The molecule has 1 aliphatic heterocycles. The molecule has 0 aliphatic carbocycles. The van der Waals surface area contributed by atoms with E-state index in [1.54, 1.807) is 11.3 Å². The van der Waals surface area contributed by atoms with E-state index in [1.165, 1.54) is 0 Å². The zero-order valence-electron chi connectivity index (χ0n) is 9.24. The van der Waals surface area contributed by atoms with Gasteiger partial charge in [0, 0.05) is 24.9 Å². The van der Waals surface area contributed by atoms with Crippen molar-refractivity contribution in [1.29, 1.82) is 0 Å². The first-order valence-corrected chi connectivity index (χ1v) is 6.66. The van der Waals surface area contributed by atoms with Crippen LogP contribution in [0.2, 0.25) is 0 Å². The summed E-state index contributed by atoms with van der Waals surface area (Å²) in [6.45, 7) is 2.56. The maximum atomic E-state index is 11.8. The summed E-state index contributed by atoms with van der Waals surface area (Å²) in [6, 6.07) is 0. The number of hydrogen-bond donors (Lipinski definition) is 2. The summed E-state index contributed by atoms with van der Waals surface area (Å²) in [5.74, 6) is 0.339. The van der Waals surface area contributed by atoms with Gasteiger partial charge in [0.1, 0.15) is 0 Å². The number of hydrogen-bond acceptors (Lipinski definition) is 4. The van der Waals surface area contributed by atoms with E-state index in [2.05, 4.69) is 15.6 Å². The van der Waals surface area contributed by atoms with Crippen LogP contribution < -0.4 is 10.6 Å². The highest BCUT2D eigenvalue weighted by molar-refractivity contribution is 7.07. The lowest BCUT2D eigenvalue weighted by Crippen LogP contribution is -2.41. The molecule has 16 heavy (non-hydrogen) atoms. The average molecular weight is 239 g/mol. The lowest BCUT2D eigenvalue weighted by molar-refractivity contribution is -0.125. The first-order chi connectivity index (χ1) is 7.86. The number of aromatic nitrogens is 1. The van der Waals surface area contributed by atoms with Crippen LogP contribution in [0, 0.1) is 5.92 Å². The molecule has 1 aromatic heterocycles. The molecule has 2 N–H and O–H groups in total. The molecule has 1 fully saturated rings. The number of piperidine rings is 1. The molecule has 1 aliphatic rings. The summed E-state index contributed by atoms with van der Waals surface area (Å²) >= 11 is 1.59. The van der Waals surface area contributed by atoms with Crippen LogP contribution in [0.5, 0.6) is 0 Å². The molecular formula is C11H17N3OS. The molecule has 0 saturated carbocycles. The highest BCUT2D eigenvalue weighted by Crippen LogP contribution is 2.09. The Balaban J connectivity index is 1.67. The fourth-order valence-electron chi connectivity index (χ4n) is 1.89. The van der Waals surface area contributed by atoms with Crippen LogP contribution in [0.3, 0.4) is 0 Å². The lowest BCUT2D eigenvalue weighted by atomic mass is 9.99. The van der Waals surface area contributed by atoms with Crippen LogP contribution in [0.1, 0.15) is 18.5 Å².